The average molecular weight is 404 g/mol. The quantitative estimate of drug-likeness (QED) is 0.436. The summed E-state index contributed by atoms with van der Waals surface area (Å²) < 4.78 is 0. The summed E-state index contributed by atoms with van der Waals surface area (Å²) in [6.07, 6.45) is 2.24. The zero-order valence-corrected chi connectivity index (χ0v) is 17.5. The molecule has 2 heterocycles. The molecule has 5 heteroatoms. The summed E-state index contributed by atoms with van der Waals surface area (Å²) in [5, 5.41) is 6.38. The van der Waals surface area contributed by atoms with Crippen molar-refractivity contribution < 1.29 is 0 Å². The Kier molecular flexibility index (Phi) is 5.88. The van der Waals surface area contributed by atoms with Crippen LogP contribution in [0.3, 0.4) is 0 Å². The van der Waals surface area contributed by atoms with E-state index in [-0.39, 0.29) is 17.6 Å². The van der Waals surface area contributed by atoms with Crippen LogP contribution >= 0.6 is 11.3 Å². The van der Waals surface area contributed by atoms with E-state index >= 15 is 0 Å². The van der Waals surface area contributed by atoms with Crippen molar-refractivity contribution in [2.24, 2.45) is 0 Å². The molecule has 0 saturated heterocycles. The zero-order chi connectivity index (χ0) is 20.2. The van der Waals surface area contributed by atoms with Crippen molar-refractivity contribution in [2.45, 2.75) is 38.8 Å². The number of para-hydroxylation sites is 1. The summed E-state index contributed by atoms with van der Waals surface area (Å²) in [5.41, 5.74) is 3.18. The first kappa shape index (κ1) is 19.6. The third-order valence-corrected chi connectivity index (χ3v) is 6.07. The average Bonchev–Trinajstić information content (AvgIpc) is 3.27. The Balaban J connectivity index is 1.65. The zero-order valence-electron chi connectivity index (χ0n) is 16.7. The first-order valence-corrected chi connectivity index (χ1v) is 10.9. The van der Waals surface area contributed by atoms with Gasteiger partial charge in [-0.15, -0.1) is 11.3 Å². The lowest BCUT2D eigenvalue weighted by atomic mass is 10.0. The first-order valence-electron chi connectivity index (χ1n) is 10.0. The molecule has 0 aliphatic heterocycles. The molecule has 148 valence electrons. The van der Waals surface area contributed by atoms with Crippen LogP contribution < -0.4 is 10.9 Å². The van der Waals surface area contributed by atoms with Crippen LogP contribution in [0.25, 0.3) is 10.9 Å². The molecule has 0 amide bonds. The molecule has 0 aliphatic rings. The molecule has 0 unspecified atom stereocenters. The maximum Gasteiger partial charge on any atom is 0.258 e. The van der Waals surface area contributed by atoms with Crippen LogP contribution in [0.2, 0.25) is 0 Å². The number of thiophene rings is 1. The third kappa shape index (κ3) is 4.31. The van der Waals surface area contributed by atoms with Crippen molar-refractivity contribution in [3.05, 3.63) is 98.2 Å². The van der Waals surface area contributed by atoms with Crippen LogP contribution in [0.4, 0.5) is 0 Å². The highest BCUT2D eigenvalue weighted by Gasteiger charge is 2.20. The minimum Gasteiger partial charge on any atom is -0.309 e. The van der Waals surface area contributed by atoms with Crippen molar-refractivity contribution in [3.8, 4) is 0 Å². The number of benzene rings is 2. The van der Waals surface area contributed by atoms with Crippen LogP contribution in [-0.2, 0) is 6.42 Å². The molecule has 0 radical (unpaired) electrons. The van der Waals surface area contributed by atoms with E-state index in [1.54, 1.807) is 17.4 Å². The second-order valence-electron chi connectivity index (χ2n) is 7.30. The van der Waals surface area contributed by atoms with E-state index in [1.165, 1.54) is 16.0 Å². The SMILES string of the molecule is CCCc1ccc([C@H](N[C@H](C)c2nc3ccccc3c(=O)[nH]2)c2cccs2)cc1. The maximum absolute atomic E-state index is 12.5. The topological polar surface area (TPSA) is 57.8 Å². The number of aryl methyl sites for hydroxylation is 1. The lowest BCUT2D eigenvalue weighted by Gasteiger charge is -2.23. The monoisotopic (exact) mass is 403 g/mol. The summed E-state index contributed by atoms with van der Waals surface area (Å²) >= 11 is 1.73. The van der Waals surface area contributed by atoms with E-state index in [0.29, 0.717) is 11.2 Å². The second-order valence-corrected chi connectivity index (χ2v) is 8.28. The molecule has 29 heavy (non-hydrogen) atoms. The summed E-state index contributed by atoms with van der Waals surface area (Å²) in [4.78, 5) is 21.3. The van der Waals surface area contributed by atoms with Gasteiger partial charge in [-0.3, -0.25) is 10.1 Å². The van der Waals surface area contributed by atoms with Crippen LogP contribution in [0.5, 0.6) is 0 Å². The largest absolute Gasteiger partial charge is 0.309 e. The highest BCUT2D eigenvalue weighted by molar-refractivity contribution is 7.10. The molecular weight excluding hydrogens is 378 g/mol. The smallest absolute Gasteiger partial charge is 0.258 e. The summed E-state index contributed by atoms with van der Waals surface area (Å²) in [6, 6.07) is 20.4. The molecule has 0 saturated carbocycles. The van der Waals surface area contributed by atoms with Gasteiger partial charge in [-0.1, -0.05) is 55.8 Å². The number of H-pyrrole nitrogens is 1. The molecule has 0 bridgehead atoms. The minimum atomic E-state index is -0.116. The highest BCUT2D eigenvalue weighted by Crippen LogP contribution is 2.29. The Morgan fingerprint density at radius 2 is 1.86 bits per heavy atom. The summed E-state index contributed by atoms with van der Waals surface area (Å²) in [6.45, 7) is 4.24. The third-order valence-electron chi connectivity index (χ3n) is 5.14. The van der Waals surface area contributed by atoms with Crippen LogP contribution in [0.1, 0.15) is 54.2 Å². The van der Waals surface area contributed by atoms with Gasteiger partial charge < -0.3 is 4.98 Å². The van der Waals surface area contributed by atoms with E-state index in [4.69, 9.17) is 0 Å². The van der Waals surface area contributed by atoms with Gasteiger partial charge in [0.15, 0.2) is 0 Å². The molecule has 2 N–H and O–H groups in total. The predicted molar refractivity (Wildman–Crippen MR) is 121 cm³/mol. The van der Waals surface area contributed by atoms with Gasteiger partial charge in [0.1, 0.15) is 5.82 Å². The molecule has 4 rings (SSSR count). The van der Waals surface area contributed by atoms with Crippen molar-refractivity contribution in [2.75, 3.05) is 0 Å². The van der Waals surface area contributed by atoms with Gasteiger partial charge in [-0.2, -0.15) is 0 Å². The Morgan fingerprint density at radius 3 is 2.59 bits per heavy atom. The molecule has 4 aromatic rings. The normalized spacial score (nSPS) is 13.4. The van der Waals surface area contributed by atoms with Gasteiger partial charge in [0.25, 0.3) is 5.56 Å². The molecule has 0 spiro atoms. The van der Waals surface area contributed by atoms with Crippen molar-refractivity contribution >= 4 is 22.2 Å². The van der Waals surface area contributed by atoms with Gasteiger partial charge >= 0.3 is 0 Å². The maximum atomic E-state index is 12.5. The van der Waals surface area contributed by atoms with Crippen molar-refractivity contribution in [1.29, 1.82) is 0 Å². The molecule has 2 aromatic heterocycles. The summed E-state index contributed by atoms with van der Waals surface area (Å²) in [7, 11) is 0. The van der Waals surface area contributed by atoms with E-state index in [2.05, 4.69) is 64.0 Å². The minimum absolute atomic E-state index is 0.0393. The Labute approximate surface area is 174 Å². The number of fused-ring (bicyclic) bond motifs is 1. The van der Waals surface area contributed by atoms with Crippen LogP contribution in [0.15, 0.2) is 70.8 Å². The fourth-order valence-corrected chi connectivity index (χ4v) is 4.41. The number of nitrogens with one attached hydrogen (secondary N) is 2. The Hall–Kier alpha value is -2.76. The molecule has 2 aromatic carbocycles. The Morgan fingerprint density at radius 1 is 1.07 bits per heavy atom. The molecule has 2 atom stereocenters. The number of nitrogens with zero attached hydrogens (tertiary/aromatic N) is 1. The number of aromatic nitrogens is 2. The van der Waals surface area contributed by atoms with Gasteiger partial charge in [-0.05, 0) is 48.1 Å². The fraction of sp³-hybridized carbons (Fsp3) is 0.250. The predicted octanol–water partition coefficient (Wildman–Crippen LogP) is 5.38. The highest BCUT2D eigenvalue weighted by atomic mass is 32.1. The second kappa shape index (κ2) is 8.72. The number of rotatable bonds is 7. The molecule has 0 fully saturated rings. The Bertz CT molecular complexity index is 1130. The lowest BCUT2D eigenvalue weighted by Crippen LogP contribution is -2.28. The van der Waals surface area contributed by atoms with Gasteiger partial charge in [0.05, 0.1) is 23.0 Å². The first-order chi connectivity index (χ1) is 14.2. The number of hydrogen-bond donors (Lipinski definition) is 2. The van der Waals surface area contributed by atoms with E-state index in [9.17, 15) is 4.79 Å². The van der Waals surface area contributed by atoms with Gasteiger partial charge in [0.2, 0.25) is 0 Å². The van der Waals surface area contributed by atoms with Crippen molar-refractivity contribution in [3.63, 3.8) is 0 Å². The van der Waals surface area contributed by atoms with E-state index in [1.807, 2.05) is 25.1 Å². The van der Waals surface area contributed by atoms with Crippen molar-refractivity contribution in [1.82, 2.24) is 15.3 Å². The van der Waals surface area contributed by atoms with E-state index in [0.717, 1.165) is 18.4 Å². The molecule has 0 aliphatic carbocycles. The van der Waals surface area contributed by atoms with Gasteiger partial charge in [-0.25, -0.2) is 4.98 Å². The number of hydrogen-bond acceptors (Lipinski definition) is 4. The lowest BCUT2D eigenvalue weighted by molar-refractivity contribution is 0.500. The van der Waals surface area contributed by atoms with Crippen LogP contribution in [-0.4, -0.2) is 9.97 Å². The van der Waals surface area contributed by atoms with E-state index < -0.39 is 0 Å². The molecular formula is C24H25N3OS. The standard InChI is InChI=1S/C24H25N3OS/c1-3-7-17-11-13-18(14-12-17)22(21-10-6-15-29-21)25-16(2)23-26-20-9-5-4-8-19(20)24(28)27-23/h4-6,8-16,22,25H,3,7H2,1-2H3,(H,26,27,28)/t16-,22+/m1/s1. The van der Waals surface area contributed by atoms with Crippen LogP contribution in [0, 0.1) is 0 Å². The number of aromatic amines is 1. The fourth-order valence-electron chi connectivity index (χ4n) is 3.60. The summed E-state index contributed by atoms with van der Waals surface area (Å²) in [5.74, 6) is 0.651. The van der Waals surface area contributed by atoms with Gasteiger partial charge in [0, 0.05) is 4.88 Å². The molecule has 4 nitrogen and oxygen atoms in total.